The number of aryl methyl sites for hydroxylation is 1. The van der Waals surface area contributed by atoms with Crippen LogP contribution in [0.5, 0.6) is 0 Å². The van der Waals surface area contributed by atoms with Gasteiger partial charge in [-0.3, -0.25) is 0 Å². The number of hydrogen-bond donors (Lipinski definition) is 2. The molecule has 0 saturated carbocycles. The first kappa shape index (κ1) is 12.1. The van der Waals surface area contributed by atoms with E-state index in [-0.39, 0.29) is 11.7 Å². The van der Waals surface area contributed by atoms with Crippen LogP contribution in [0.1, 0.15) is 30.6 Å². The van der Waals surface area contributed by atoms with Crippen molar-refractivity contribution in [2.45, 2.75) is 26.4 Å². The molecule has 0 saturated heterocycles. The summed E-state index contributed by atoms with van der Waals surface area (Å²) in [6.07, 6.45) is 0.115. The van der Waals surface area contributed by atoms with Crippen LogP contribution < -0.4 is 5.73 Å². The summed E-state index contributed by atoms with van der Waals surface area (Å²) in [6, 6.07) is 4.46. The van der Waals surface area contributed by atoms with Gasteiger partial charge in [0.1, 0.15) is 5.82 Å². The second-order valence-corrected chi connectivity index (χ2v) is 3.85. The Morgan fingerprint density at radius 1 is 1.47 bits per heavy atom. The van der Waals surface area contributed by atoms with Crippen LogP contribution in [0, 0.1) is 18.7 Å². The SMILES string of the molecule is CCC(CN)C(O)c1cc(F)ccc1C. The van der Waals surface area contributed by atoms with Crippen molar-refractivity contribution in [3.8, 4) is 0 Å². The van der Waals surface area contributed by atoms with Crippen LogP contribution in [0.15, 0.2) is 18.2 Å². The number of halogens is 1. The van der Waals surface area contributed by atoms with Crippen molar-refractivity contribution in [3.05, 3.63) is 35.1 Å². The lowest BCUT2D eigenvalue weighted by atomic mass is 9.91. The number of benzene rings is 1. The second-order valence-electron chi connectivity index (χ2n) is 3.85. The van der Waals surface area contributed by atoms with Gasteiger partial charge in [0, 0.05) is 5.92 Å². The van der Waals surface area contributed by atoms with E-state index in [1.807, 2.05) is 13.8 Å². The van der Waals surface area contributed by atoms with E-state index < -0.39 is 6.10 Å². The third-order valence-corrected chi connectivity index (χ3v) is 2.83. The number of aliphatic hydroxyl groups is 1. The van der Waals surface area contributed by atoms with Crippen molar-refractivity contribution in [2.24, 2.45) is 11.7 Å². The van der Waals surface area contributed by atoms with E-state index in [0.717, 1.165) is 12.0 Å². The second kappa shape index (κ2) is 5.24. The molecule has 15 heavy (non-hydrogen) atoms. The monoisotopic (exact) mass is 211 g/mol. The third-order valence-electron chi connectivity index (χ3n) is 2.83. The average molecular weight is 211 g/mol. The molecule has 0 aliphatic rings. The molecule has 0 aromatic heterocycles. The topological polar surface area (TPSA) is 46.2 Å². The summed E-state index contributed by atoms with van der Waals surface area (Å²) >= 11 is 0. The van der Waals surface area contributed by atoms with Crippen LogP contribution in [0.25, 0.3) is 0 Å². The molecule has 0 radical (unpaired) electrons. The Labute approximate surface area is 89.9 Å². The van der Waals surface area contributed by atoms with Crippen molar-refractivity contribution in [2.75, 3.05) is 6.54 Å². The third kappa shape index (κ3) is 2.76. The van der Waals surface area contributed by atoms with Crippen LogP contribution in [-0.2, 0) is 0 Å². The van der Waals surface area contributed by atoms with Crippen molar-refractivity contribution in [1.29, 1.82) is 0 Å². The molecule has 3 heteroatoms. The molecule has 0 bridgehead atoms. The van der Waals surface area contributed by atoms with Gasteiger partial charge in [0.2, 0.25) is 0 Å². The van der Waals surface area contributed by atoms with Crippen molar-refractivity contribution in [1.82, 2.24) is 0 Å². The highest BCUT2D eigenvalue weighted by Gasteiger charge is 2.19. The van der Waals surface area contributed by atoms with Gasteiger partial charge in [-0.25, -0.2) is 4.39 Å². The molecule has 2 nitrogen and oxygen atoms in total. The first-order valence-electron chi connectivity index (χ1n) is 5.24. The van der Waals surface area contributed by atoms with Crippen molar-refractivity contribution < 1.29 is 9.50 Å². The van der Waals surface area contributed by atoms with Gasteiger partial charge in [-0.15, -0.1) is 0 Å². The van der Waals surface area contributed by atoms with Gasteiger partial charge in [-0.05, 0) is 43.1 Å². The fourth-order valence-corrected chi connectivity index (χ4v) is 1.70. The Morgan fingerprint density at radius 3 is 2.67 bits per heavy atom. The van der Waals surface area contributed by atoms with E-state index in [4.69, 9.17) is 5.73 Å². The zero-order valence-electron chi connectivity index (χ0n) is 9.20. The fourth-order valence-electron chi connectivity index (χ4n) is 1.70. The van der Waals surface area contributed by atoms with Crippen LogP contribution >= 0.6 is 0 Å². The Hall–Kier alpha value is -0.930. The Kier molecular flexibility index (Phi) is 4.24. The van der Waals surface area contributed by atoms with E-state index in [0.29, 0.717) is 12.1 Å². The first-order chi connectivity index (χ1) is 7.10. The summed E-state index contributed by atoms with van der Waals surface area (Å²) < 4.78 is 13.0. The van der Waals surface area contributed by atoms with Gasteiger partial charge >= 0.3 is 0 Å². The molecule has 2 atom stereocenters. The molecule has 0 fully saturated rings. The van der Waals surface area contributed by atoms with Crippen molar-refractivity contribution in [3.63, 3.8) is 0 Å². The first-order valence-corrected chi connectivity index (χ1v) is 5.24. The van der Waals surface area contributed by atoms with Crippen LogP contribution in [-0.4, -0.2) is 11.7 Å². The van der Waals surface area contributed by atoms with E-state index in [1.165, 1.54) is 12.1 Å². The molecule has 1 rings (SSSR count). The molecule has 1 aromatic rings. The molecule has 0 aliphatic carbocycles. The molecule has 0 heterocycles. The number of hydrogen-bond acceptors (Lipinski definition) is 2. The normalized spacial score (nSPS) is 15.0. The van der Waals surface area contributed by atoms with Gasteiger partial charge in [-0.1, -0.05) is 13.0 Å². The zero-order chi connectivity index (χ0) is 11.4. The number of aliphatic hydroxyl groups excluding tert-OH is 1. The summed E-state index contributed by atoms with van der Waals surface area (Å²) in [6.45, 7) is 4.24. The minimum Gasteiger partial charge on any atom is -0.388 e. The Balaban J connectivity index is 2.98. The number of rotatable bonds is 4. The molecule has 3 N–H and O–H groups in total. The smallest absolute Gasteiger partial charge is 0.123 e. The Bertz CT molecular complexity index is 323. The molecule has 0 spiro atoms. The predicted octanol–water partition coefficient (Wildman–Crippen LogP) is 2.15. The molecule has 1 aromatic carbocycles. The minimum atomic E-state index is -0.671. The van der Waals surface area contributed by atoms with Gasteiger partial charge in [0.15, 0.2) is 0 Å². The van der Waals surface area contributed by atoms with E-state index in [9.17, 15) is 9.50 Å². The lowest BCUT2D eigenvalue weighted by molar-refractivity contribution is 0.109. The lowest BCUT2D eigenvalue weighted by Gasteiger charge is -2.21. The van der Waals surface area contributed by atoms with Crippen LogP contribution in [0.3, 0.4) is 0 Å². The quantitative estimate of drug-likeness (QED) is 0.801. The fraction of sp³-hybridized carbons (Fsp3) is 0.500. The van der Waals surface area contributed by atoms with Gasteiger partial charge in [0.25, 0.3) is 0 Å². The van der Waals surface area contributed by atoms with Crippen LogP contribution in [0.2, 0.25) is 0 Å². The number of nitrogens with two attached hydrogens (primary N) is 1. The molecular formula is C12H18FNO. The Morgan fingerprint density at radius 2 is 2.13 bits per heavy atom. The summed E-state index contributed by atoms with van der Waals surface area (Å²) in [7, 11) is 0. The van der Waals surface area contributed by atoms with Crippen LogP contribution in [0.4, 0.5) is 4.39 Å². The van der Waals surface area contributed by atoms with E-state index >= 15 is 0 Å². The molecule has 0 aliphatic heterocycles. The summed E-state index contributed by atoms with van der Waals surface area (Å²) in [5.41, 5.74) is 7.10. The van der Waals surface area contributed by atoms with E-state index in [1.54, 1.807) is 6.07 Å². The maximum absolute atomic E-state index is 13.0. The molecular weight excluding hydrogens is 193 g/mol. The van der Waals surface area contributed by atoms with Gasteiger partial charge < -0.3 is 10.8 Å². The highest BCUT2D eigenvalue weighted by atomic mass is 19.1. The largest absolute Gasteiger partial charge is 0.388 e. The minimum absolute atomic E-state index is 0.00880. The van der Waals surface area contributed by atoms with Gasteiger partial charge in [-0.2, -0.15) is 0 Å². The molecule has 84 valence electrons. The maximum Gasteiger partial charge on any atom is 0.123 e. The summed E-state index contributed by atoms with van der Waals surface area (Å²) in [4.78, 5) is 0. The highest BCUT2D eigenvalue weighted by molar-refractivity contribution is 5.29. The highest BCUT2D eigenvalue weighted by Crippen LogP contribution is 2.26. The molecule has 2 unspecified atom stereocenters. The zero-order valence-corrected chi connectivity index (χ0v) is 9.20. The summed E-state index contributed by atoms with van der Waals surface area (Å²) in [5, 5.41) is 10.0. The maximum atomic E-state index is 13.0. The standard InChI is InChI=1S/C12H18FNO/c1-3-9(7-14)12(15)11-6-10(13)5-4-8(11)2/h4-6,9,12,15H,3,7,14H2,1-2H3. The van der Waals surface area contributed by atoms with Gasteiger partial charge in [0.05, 0.1) is 6.10 Å². The molecule has 0 amide bonds. The summed E-state index contributed by atoms with van der Waals surface area (Å²) in [5.74, 6) is -0.327. The predicted molar refractivity (Wildman–Crippen MR) is 58.9 cm³/mol. The van der Waals surface area contributed by atoms with E-state index in [2.05, 4.69) is 0 Å². The lowest BCUT2D eigenvalue weighted by Crippen LogP contribution is -2.21. The van der Waals surface area contributed by atoms with Crippen molar-refractivity contribution >= 4 is 0 Å². The average Bonchev–Trinajstić information content (AvgIpc) is 2.23.